The zero-order valence-electron chi connectivity index (χ0n) is 30.8. The monoisotopic (exact) mass is 744 g/mol. The molecule has 0 bridgehead atoms. The van der Waals surface area contributed by atoms with E-state index < -0.39 is 0 Å². The van der Waals surface area contributed by atoms with Gasteiger partial charge in [-0.25, -0.2) is 15.0 Å². The summed E-state index contributed by atoms with van der Waals surface area (Å²) in [4.78, 5) is 14.2. The predicted molar refractivity (Wildman–Crippen MR) is 221 cm³/mol. The van der Waals surface area contributed by atoms with E-state index in [-0.39, 0.29) is 0 Å². The lowest BCUT2D eigenvalue weighted by Crippen LogP contribution is -2.04. The van der Waals surface area contributed by atoms with Gasteiger partial charge in [0.15, 0.2) is 0 Å². The number of ether oxygens (including phenoxy) is 3. The first-order chi connectivity index (χ1) is 28.1. The van der Waals surface area contributed by atoms with Crippen LogP contribution >= 0.6 is 0 Å². The second-order valence-electron chi connectivity index (χ2n) is 13.9. The van der Waals surface area contributed by atoms with Crippen LogP contribution in [0.15, 0.2) is 183 Å². The summed E-state index contributed by atoms with van der Waals surface area (Å²) >= 11 is 0. The van der Waals surface area contributed by atoms with Crippen molar-refractivity contribution in [2.75, 3.05) is 0 Å². The molecule has 10 aromatic rings. The number of imidazole rings is 3. The molecule has 276 valence electrons. The lowest BCUT2D eigenvalue weighted by Gasteiger charge is -2.14. The number of hydrogen-bond donors (Lipinski definition) is 0. The van der Waals surface area contributed by atoms with E-state index in [9.17, 15) is 0 Å². The Morgan fingerprint density at radius 1 is 0.351 bits per heavy atom. The van der Waals surface area contributed by atoms with Crippen LogP contribution in [0.5, 0.6) is 17.2 Å². The molecule has 0 saturated heterocycles. The van der Waals surface area contributed by atoms with E-state index >= 15 is 0 Å². The second-order valence-corrected chi connectivity index (χ2v) is 13.9. The smallest absolute Gasteiger partial charge is 0.137 e. The zero-order chi connectivity index (χ0) is 38.0. The van der Waals surface area contributed by atoms with Crippen LogP contribution in [0.25, 0.3) is 50.7 Å². The lowest BCUT2D eigenvalue weighted by molar-refractivity contribution is 0.293. The van der Waals surface area contributed by atoms with E-state index in [0.29, 0.717) is 19.8 Å². The van der Waals surface area contributed by atoms with Crippen molar-refractivity contribution in [2.45, 2.75) is 19.8 Å². The lowest BCUT2D eigenvalue weighted by atomic mass is 10.1. The summed E-state index contributed by atoms with van der Waals surface area (Å²) in [6.07, 6.45) is 12.1. The van der Waals surface area contributed by atoms with Crippen molar-refractivity contribution in [2.24, 2.45) is 0 Å². The van der Waals surface area contributed by atoms with Gasteiger partial charge >= 0.3 is 0 Å². The summed E-state index contributed by atoms with van der Waals surface area (Å²) in [6.45, 7) is 1.15. The standard InChI is InChI=1S/C48H36N6O3/c1-4-22-52-28-43(49-46(52)7-1)37-10-16-40(17-11-37)55-31-34-25-35(32-56-41-18-12-38(13-19-41)44-29-53-23-5-2-8-47(53)50-44)27-36(26-34)33-57-42-20-14-39(15-21-42)45-30-54-24-6-3-9-48(54)51-45/h1-30H,31-33H2. The fraction of sp³-hybridized carbons (Fsp3) is 0.0625. The molecule has 57 heavy (non-hydrogen) atoms. The molecule has 0 fully saturated rings. The van der Waals surface area contributed by atoms with Gasteiger partial charge in [0.1, 0.15) is 54.0 Å². The Bertz CT molecular complexity index is 2530. The minimum atomic E-state index is 0.385. The average molecular weight is 745 g/mol. The minimum absolute atomic E-state index is 0.385. The third-order valence-corrected chi connectivity index (χ3v) is 9.87. The van der Waals surface area contributed by atoms with Crippen LogP contribution < -0.4 is 14.2 Å². The van der Waals surface area contributed by atoms with E-state index in [2.05, 4.69) is 18.2 Å². The molecule has 0 aliphatic carbocycles. The minimum Gasteiger partial charge on any atom is -0.489 e. The highest BCUT2D eigenvalue weighted by molar-refractivity contribution is 5.65. The number of nitrogens with zero attached hydrogens (tertiary/aromatic N) is 6. The molecule has 9 heteroatoms. The van der Waals surface area contributed by atoms with E-state index in [1.807, 2.05) is 178 Å². The number of rotatable bonds is 12. The predicted octanol–water partition coefficient (Wildman–Crippen LogP) is 10.4. The van der Waals surface area contributed by atoms with Gasteiger partial charge in [-0.3, -0.25) is 0 Å². The maximum atomic E-state index is 6.31. The highest BCUT2D eigenvalue weighted by Crippen LogP contribution is 2.27. The molecule has 10 rings (SSSR count). The van der Waals surface area contributed by atoms with Crippen LogP contribution in [0.1, 0.15) is 16.7 Å². The Kier molecular flexibility index (Phi) is 8.85. The molecule has 0 radical (unpaired) electrons. The Balaban J connectivity index is 0.843. The Labute approximate surface area is 328 Å². The number of hydrogen-bond acceptors (Lipinski definition) is 6. The summed E-state index contributed by atoms with van der Waals surface area (Å²) in [7, 11) is 0. The van der Waals surface area contributed by atoms with Crippen molar-refractivity contribution >= 4 is 16.9 Å². The number of pyridine rings is 3. The fourth-order valence-corrected chi connectivity index (χ4v) is 6.98. The quantitative estimate of drug-likeness (QED) is 0.124. The molecule has 0 atom stereocenters. The van der Waals surface area contributed by atoms with Crippen LogP contribution in [0.2, 0.25) is 0 Å². The van der Waals surface area contributed by atoms with E-state index in [0.717, 1.165) is 84.7 Å². The highest BCUT2D eigenvalue weighted by Gasteiger charge is 2.10. The van der Waals surface area contributed by atoms with Gasteiger partial charge in [0.05, 0.1) is 17.1 Å². The van der Waals surface area contributed by atoms with Crippen LogP contribution in [0.4, 0.5) is 0 Å². The third kappa shape index (κ3) is 7.42. The number of aromatic nitrogens is 6. The first-order valence-corrected chi connectivity index (χ1v) is 18.8. The maximum absolute atomic E-state index is 6.31. The molecule has 0 aliphatic heterocycles. The Morgan fingerprint density at radius 3 is 0.930 bits per heavy atom. The molecule has 9 nitrogen and oxygen atoms in total. The van der Waals surface area contributed by atoms with Gasteiger partial charge in [-0.15, -0.1) is 0 Å². The van der Waals surface area contributed by atoms with Crippen LogP contribution in [-0.4, -0.2) is 28.2 Å². The second kappa shape index (κ2) is 14.9. The number of fused-ring (bicyclic) bond motifs is 3. The summed E-state index contributed by atoms with van der Waals surface area (Å²) in [6, 6.07) is 48.5. The topological polar surface area (TPSA) is 79.6 Å². The van der Waals surface area contributed by atoms with Crippen molar-refractivity contribution in [3.63, 3.8) is 0 Å². The Hall–Kier alpha value is -7.65. The molecule has 6 aromatic heterocycles. The summed E-state index contributed by atoms with van der Waals surface area (Å²) in [5.74, 6) is 2.33. The molecular formula is C48H36N6O3. The van der Waals surface area contributed by atoms with Gasteiger partial charge in [-0.2, -0.15) is 0 Å². The van der Waals surface area contributed by atoms with Crippen molar-refractivity contribution in [3.8, 4) is 51.0 Å². The van der Waals surface area contributed by atoms with Crippen LogP contribution in [0.3, 0.4) is 0 Å². The zero-order valence-corrected chi connectivity index (χ0v) is 30.8. The summed E-state index contributed by atoms with van der Waals surface area (Å²) in [5.41, 5.74) is 11.6. The highest BCUT2D eigenvalue weighted by atomic mass is 16.5. The third-order valence-electron chi connectivity index (χ3n) is 9.87. The first-order valence-electron chi connectivity index (χ1n) is 18.8. The molecule has 0 saturated carbocycles. The molecule has 0 amide bonds. The van der Waals surface area contributed by atoms with Gasteiger partial charge in [0.25, 0.3) is 0 Å². The average Bonchev–Trinajstić information content (AvgIpc) is 4.02. The molecule has 0 N–H and O–H groups in total. The molecule has 0 spiro atoms. The van der Waals surface area contributed by atoms with E-state index in [4.69, 9.17) is 29.2 Å². The molecule has 6 heterocycles. The Morgan fingerprint density at radius 2 is 0.649 bits per heavy atom. The van der Waals surface area contributed by atoms with E-state index in [1.165, 1.54) is 0 Å². The molecule has 0 aliphatic rings. The summed E-state index contributed by atoms with van der Waals surface area (Å²) in [5, 5.41) is 0. The molecule has 0 unspecified atom stereocenters. The SMILES string of the molecule is c1ccn2cc(-c3ccc(OCc4cc(COc5ccc(-c6cn7ccccc7n6)cc5)cc(COc5ccc(-c6cn7ccccc7n6)cc5)c4)cc3)nc2c1. The van der Waals surface area contributed by atoms with Crippen LogP contribution in [-0.2, 0) is 19.8 Å². The van der Waals surface area contributed by atoms with Crippen molar-refractivity contribution in [1.29, 1.82) is 0 Å². The van der Waals surface area contributed by atoms with Crippen molar-refractivity contribution in [1.82, 2.24) is 28.2 Å². The van der Waals surface area contributed by atoms with Crippen molar-refractivity contribution < 1.29 is 14.2 Å². The van der Waals surface area contributed by atoms with Gasteiger partial charge in [0.2, 0.25) is 0 Å². The number of benzene rings is 4. The normalized spacial score (nSPS) is 11.4. The summed E-state index contributed by atoms with van der Waals surface area (Å²) < 4.78 is 25.0. The molecule has 4 aromatic carbocycles. The first kappa shape index (κ1) is 33.9. The van der Waals surface area contributed by atoms with E-state index in [1.54, 1.807) is 0 Å². The molecular weight excluding hydrogens is 709 g/mol. The van der Waals surface area contributed by atoms with Gasteiger partial charge in [0, 0.05) is 53.9 Å². The van der Waals surface area contributed by atoms with Gasteiger partial charge in [-0.1, -0.05) is 18.2 Å². The largest absolute Gasteiger partial charge is 0.489 e. The van der Waals surface area contributed by atoms with Gasteiger partial charge in [-0.05, 0) is 144 Å². The fourth-order valence-electron chi connectivity index (χ4n) is 6.98. The van der Waals surface area contributed by atoms with Crippen LogP contribution in [0, 0.1) is 0 Å². The maximum Gasteiger partial charge on any atom is 0.137 e. The van der Waals surface area contributed by atoms with Crippen molar-refractivity contribution in [3.05, 3.63) is 199 Å². The van der Waals surface area contributed by atoms with Gasteiger partial charge < -0.3 is 27.4 Å².